The highest BCUT2D eigenvalue weighted by molar-refractivity contribution is 5.84. The van der Waals surface area contributed by atoms with Crippen LogP contribution in [0.2, 0.25) is 0 Å². The maximum Gasteiger partial charge on any atom is 0.297 e. The van der Waals surface area contributed by atoms with E-state index in [4.69, 9.17) is 0 Å². The maximum atomic E-state index is 11.2. The lowest BCUT2D eigenvalue weighted by Gasteiger charge is -2.22. The largest absolute Gasteiger partial charge is 0.317 e. The molecule has 1 fully saturated rings. The van der Waals surface area contributed by atoms with Crippen molar-refractivity contribution in [3.05, 3.63) is 40.5 Å². The first-order chi connectivity index (χ1) is 11.2. The van der Waals surface area contributed by atoms with Crippen molar-refractivity contribution < 1.29 is 4.92 Å². The van der Waals surface area contributed by atoms with Gasteiger partial charge in [0.1, 0.15) is 0 Å². The average molecular weight is 314 g/mol. The molecule has 1 aliphatic rings. The summed E-state index contributed by atoms with van der Waals surface area (Å²) >= 11 is 0. The van der Waals surface area contributed by atoms with Crippen molar-refractivity contribution in [1.82, 2.24) is 20.1 Å². The highest BCUT2D eigenvalue weighted by Crippen LogP contribution is 2.26. The SMILES string of the molecule is CN=Cc1ncc(-c2cnn(C3CCNCC3)c2)cc1[N+](=O)[O-]. The predicted molar refractivity (Wildman–Crippen MR) is 86.8 cm³/mol. The van der Waals surface area contributed by atoms with Crippen LogP contribution in [0.25, 0.3) is 11.1 Å². The third kappa shape index (κ3) is 3.26. The van der Waals surface area contributed by atoms with E-state index in [-0.39, 0.29) is 11.4 Å². The number of hydrogen-bond donors (Lipinski definition) is 1. The third-order valence-electron chi connectivity index (χ3n) is 3.96. The molecule has 120 valence electrons. The molecule has 8 heteroatoms. The summed E-state index contributed by atoms with van der Waals surface area (Å²) in [6, 6.07) is 1.90. The summed E-state index contributed by atoms with van der Waals surface area (Å²) in [7, 11) is 1.56. The number of pyridine rings is 1. The fourth-order valence-electron chi connectivity index (χ4n) is 2.75. The zero-order valence-electron chi connectivity index (χ0n) is 12.8. The van der Waals surface area contributed by atoms with Crippen LogP contribution in [0.1, 0.15) is 24.6 Å². The zero-order valence-corrected chi connectivity index (χ0v) is 12.8. The Kier molecular flexibility index (Phi) is 4.42. The second kappa shape index (κ2) is 6.66. The van der Waals surface area contributed by atoms with Gasteiger partial charge >= 0.3 is 0 Å². The fourth-order valence-corrected chi connectivity index (χ4v) is 2.75. The molecule has 23 heavy (non-hydrogen) atoms. The molecule has 1 aliphatic heterocycles. The van der Waals surface area contributed by atoms with Crippen LogP contribution in [-0.4, -0.2) is 46.0 Å². The maximum absolute atomic E-state index is 11.2. The molecule has 0 unspecified atom stereocenters. The molecule has 1 saturated heterocycles. The minimum Gasteiger partial charge on any atom is -0.317 e. The van der Waals surface area contributed by atoms with Gasteiger partial charge in [0.25, 0.3) is 5.69 Å². The van der Waals surface area contributed by atoms with Crippen LogP contribution in [0.5, 0.6) is 0 Å². The molecule has 0 aromatic carbocycles. The summed E-state index contributed by atoms with van der Waals surface area (Å²) < 4.78 is 1.95. The number of aliphatic imine (C=N–C) groups is 1. The lowest BCUT2D eigenvalue weighted by molar-refractivity contribution is -0.385. The van der Waals surface area contributed by atoms with E-state index in [1.54, 1.807) is 19.4 Å². The van der Waals surface area contributed by atoms with Gasteiger partial charge in [-0.25, -0.2) is 4.98 Å². The van der Waals surface area contributed by atoms with E-state index in [0.29, 0.717) is 11.6 Å². The van der Waals surface area contributed by atoms with Gasteiger partial charge in [0, 0.05) is 36.6 Å². The molecule has 0 saturated carbocycles. The fraction of sp³-hybridized carbons (Fsp3) is 0.400. The van der Waals surface area contributed by atoms with E-state index >= 15 is 0 Å². The Bertz CT molecular complexity index is 733. The molecule has 1 N–H and O–H groups in total. The number of piperidine rings is 1. The molecule has 0 atom stereocenters. The minimum atomic E-state index is -0.440. The Morgan fingerprint density at radius 2 is 2.17 bits per heavy atom. The number of aromatic nitrogens is 3. The topological polar surface area (TPSA) is 98.2 Å². The van der Waals surface area contributed by atoms with Gasteiger partial charge in [-0.2, -0.15) is 5.10 Å². The van der Waals surface area contributed by atoms with Crippen LogP contribution >= 0.6 is 0 Å². The molecule has 2 aromatic rings. The van der Waals surface area contributed by atoms with Crippen LogP contribution in [0.4, 0.5) is 5.69 Å². The first-order valence-electron chi connectivity index (χ1n) is 7.51. The number of rotatable bonds is 4. The Morgan fingerprint density at radius 1 is 1.39 bits per heavy atom. The van der Waals surface area contributed by atoms with Crippen LogP contribution in [-0.2, 0) is 0 Å². The van der Waals surface area contributed by atoms with Crippen molar-refractivity contribution in [2.24, 2.45) is 4.99 Å². The quantitative estimate of drug-likeness (QED) is 0.527. The van der Waals surface area contributed by atoms with Crippen LogP contribution < -0.4 is 5.32 Å². The van der Waals surface area contributed by atoms with Gasteiger partial charge in [-0.05, 0) is 25.9 Å². The van der Waals surface area contributed by atoms with Gasteiger partial charge in [0.05, 0.1) is 23.4 Å². The van der Waals surface area contributed by atoms with Gasteiger partial charge in [-0.15, -0.1) is 0 Å². The van der Waals surface area contributed by atoms with Crippen molar-refractivity contribution in [2.45, 2.75) is 18.9 Å². The molecule has 3 heterocycles. The molecule has 3 rings (SSSR count). The van der Waals surface area contributed by atoms with E-state index in [0.717, 1.165) is 31.5 Å². The monoisotopic (exact) mass is 314 g/mol. The van der Waals surface area contributed by atoms with Crippen molar-refractivity contribution in [2.75, 3.05) is 20.1 Å². The number of hydrogen-bond acceptors (Lipinski definition) is 6. The second-order valence-corrected chi connectivity index (χ2v) is 5.46. The molecule has 0 bridgehead atoms. The standard InChI is InChI=1S/C15H18N6O2/c1-16-9-14-15(21(22)23)6-11(7-18-14)12-8-19-20(10-12)13-2-4-17-5-3-13/h6-10,13,17H,2-5H2,1H3. The molecule has 0 aliphatic carbocycles. The summed E-state index contributed by atoms with van der Waals surface area (Å²) in [5, 5.41) is 18.9. The van der Waals surface area contributed by atoms with Crippen molar-refractivity contribution in [1.29, 1.82) is 0 Å². The number of nitrogens with zero attached hydrogens (tertiary/aromatic N) is 5. The van der Waals surface area contributed by atoms with E-state index < -0.39 is 4.92 Å². The molecule has 8 nitrogen and oxygen atoms in total. The highest BCUT2D eigenvalue weighted by Gasteiger charge is 2.18. The predicted octanol–water partition coefficient (Wildman–Crippen LogP) is 1.83. The van der Waals surface area contributed by atoms with E-state index in [9.17, 15) is 10.1 Å². The summed E-state index contributed by atoms with van der Waals surface area (Å²) in [6.07, 6.45) is 8.74. The lowest BCUT2D eigenvalue weighted by Crippen LogP contribution is -2.29. The van der Waals surface area contributed by atoms with Crippen LogP contribution in [0.3, 0.4) is 0 Å². The van der Waals surface area contributed by atoms with Crippen LogP contribution in [0.15, 0.2) is 29.6 Å². The Morgan fingerprint density at radius 3 is 2.87 bits per heavy atom. The Balaban J connectivity index is 1.91. The van der Waals surface area contributed by atoms with Crippen LogP contribution in [0, 0.1) is 10.1 Å². The van der Waals surface area contributed by atoms with Crippen molar-refractivity contribution >= 4 is 11.9 Å². The van der Waals surface area contributed by atoms with Gasteiger partial charge in [0.2, 0.25) is 0 Å². The van der Waals surface area contributed by atoms with Crippen molar-refractivity contribution in [3.8, 4) is 11.1 Å². The number of nitro groups is 1. The third-order valence-corrected chi connectivity index (χ3v) is 3.96. The second-order valence-electron chi connectivity index (χ2n) is 5.46. The minimum absolute atomic E-state index is 0.0530. The van der Waals surface area contributed by atoms with Crippen molar-refractivity contribution in [3.63, 3.8) is 0 Å². The summed E-state index contributed by atoms with van der Waals surface area (Å²) in [5.74, 6) is 0. The smallest absolute Gasteiger partial charge is 0.297 e. The Labute approximate surface area is 133 Å². The molecule has 2 aromatic heterocycles. The normalized spacial score (nSPS) is 16.0. The van der Waals surface area contributed by atoms with Gasteiger partial charge in [0.15, 0.2) is 5.69 Å². The van der Waals surface area contributed by atoms with E-state index in [1.807, 2.05) is 10.9 Å². The number of nitrogens with one attached hydrogen (secondary N) is 1. The van der Waals surface area contributed by atoms with Gasteiger partial charge < -0.3 is 5.32 Å². The summed E-state index contributed by atoms with van der Waals surface area (Å²) in [6.45, 7) is 1.97. The molecule has 0 radical (unpaired) electrons. The molecular formula is C15H18N6O2. The van der Waals surface area contributed by atoms with E-state index in [1.165, 1.54) is 12.3 Å². The highest BCUT2D eigenvalue weighted by atomic mass is 16.6. The molecule has 0 spiro atoms. The lowest BCUT2D eigenvalue weighted by atomic mass is 10.1. The molecule has 0 amide bonds. The first-order valence-corrected chi connectivity index (χ1v) is 7.51. The zero-order chi connectivity index (χ0) is 16.2. The molecular weight excluding hydrogens is 296 g/mol. The van der Waals surface area contributed by atoms with Gasteiger partial charge in [-0.3, -0.25) is 19.8 Å². The van der Waals surface area contributed by atoms with E-state index in [2.05, 4.69) is 20.4 Å². The van der Waals surface area contributed by atoms with Gasteiger partial charge in [-0.1, -0.05) is 0 Å². The Hall–Kier alpha value is -2.61. The summed E-state index contributed by atoms with van der Waals surface area (Å²) in [4.78, 5) is 18.7. The first kappa shape index (κ1) is 15.3. The average Bonchev–Trinajstić information content (AvgIpc) is 3.06. The summed E-state index contributed by atoms with van der Waals surface area (Å²) in [5.41, 5.74) is 1.72.